The van der Waals surface area contributed by atoms with E-state index in [0.29, 0.717) is 0 Å². The van der Waals surface area contributed by atoms with Gasteiger partial charge in [-0.3, -0.25) is 24.6 Å². The Kier molecular flexibility index (Phi) is 6.42. The van der Waals surface area contributed by atoms with E-state index >= 15 is 0 Å². The zero-order chi connectivity index (χ0) is 24.3. The van der Waals surface area contributed by atoms with Crippen LogP contribution < -0.4 is 14.8 Å². The third kappa shape index (κ3) is 4.81. The van der Waals surface area contributed by atoms with Gasteiger partial charge in [-0.25, -0.2) is 9.59 Å². The highest BCUT2D eigenvalue weighted by atomic mass is 16.6. The monoisotopic (exact) mass is 459 g/mol. The summed E-state index contributed by atoms with van der Waals surface area (Å²) in [6.45, 7) is 0.807. The maximum Gasteiger partial charge on any atom is 0.373 e. The number of nitrogens with one attached hydrogen (secondary N) is 1. The predicted molar refractivity (Wildman–Crippen MR) is 108 cm³/mol. The van der Waals surface area contributed by atoms with Crippen molar-refractivity contribution < 1.29 is 42.7 Å². The molecule has 3 rings (SSSR count). The van der Waals surface area contributed by atoms with Gasteiger partial charge in [0.2, 0.25) is 11.5 Å². The van der Waals surface area contributed by atoms with E-state index in [1.54, 1.807) is 0 Å². The second kappa shape index (κ2) is 9.21. The summed E-state index contributed by atoms with van der Waals surface area (Å²) in [5.41, 5.74) is -0.613. The number of imide groups is 1. The van der Waals surface area contributed by atoms with E-state index in [9.17, 15) is 29.3 Å². The Hall–Kier alpha value is -4.68. The minimum absolute atomic E-state index is 0.0948. The van der Waals surface area contributed by atoms with Crippen LogP contribution in [0.2, 0.25) is 0 Å². The second-order valence-corrected chi connectivity index (χ2v) is 6.56. The molecule has 1 aromatic heterocycles. The maximum atomic E-state index is 12.7. The lowest BCUT2D eigenvalue weighted by Gasteiger charge is -2.10. The van der Waals surface area contributed by atoms with Crippen molar-refractivity contribution in [3.05, 3.63) is 57.2 Å². The lowest BCUT2D eigenvalue weighted by Crippen LogP contribution is -2.30. The highest BCUT2D eigenvalue weighted by Crippen LogP contribution is 2.39. The number of carbonyl (C=O) groups is 4. The molecule has 0 saturated carbocycles. The van der Waals surface area contributed by atoms with E-state index in [1.807, 2.05) is 0 Å². The number of nitro benzene ring substituents is 1. The molecule has 0 radical (unpaired) electrons. The Bertz CT molecular complexity index is 1200. The summed E-state index contributed by atoms with van der Waals surface area (Å²) in [5, 5.41) is 13.8. The molecule has 0 atom stereocenters. The van der Waals surface area contributed by atoms with Gasteiger partial charge in [0.15, 0.2) is 5.75 Å². The van der Waals surface area contributed by atoms with Crippen molar-refractivity contribution in [3.8, 4) is 11.5 Å². The first-order valence-electron chi connectivity index (χ1n) is 9.21. The fraction of sp³-hybridized carbons (Fsp3) is 0.200. The Morgan fingerprint density at radius 3 is 2.58 bits per heavy atom. The van der Waals surface area contributed by atoms with Crippen LogP contribution in [0.25, 0.3) is 6.08 Å². The zero-order valence-corrected chi connectivity index (χ0v) is 17.6. The standard InChI is InChI=1S/C20H17N3O10/c1-10(24)32-17-14(23(28)29)7-11(8-16(17)30-2)6-13-18(25)22(20(27)21-13)9-12-4-5-15(33-12)19(26)31-3/h4-8H,9H2,1-3H3,(H,21,27). The molecule has 13 heteroatoms. The highest BCUT2D eigenvalue weighted by molar-refractivity contribution is 6.13. The topological polar surface area (TPSA) is 168 Å². The summed E-state index contributed by atoms with van der Waals surface area (Å²) in [7, 11) is 2.40. The van der Waals surface area contributed by atoms with Crippen LogP contribution in [0.1, 0.15) is 28.8 Å². The third-order valence-electron chi connectivity index (χ3n) is 4.36. The van der Waals surface area contributed by atoms with Gasteiger partial charge in [0.25, 0.3) is 5.91 Å². The predicted octanol–water partition coefficient (Wildman–Crippen LogP) is 2.00. The van der Waals surface area contributed by atoms with Crippen LogP contribution in [0, 0.1) is 10.1 Å². The largest absolute Gasteiger partial charge is 0.493 e. The zero-order valence-electron chi connectivity index (χ0n) is 17.6. The van der Waals surface area contributed by atoms with Crippen LogP contribution in [0.3, 0.4) is 0 Å². The summed E-state index contributed by atoms with van der Waals surface area (Å²) in [4.78, 5) is 59.3. The Morgan fingerprint density at radius 2 is 1.97 bits per heavy atom. The van der Waals surface area contributed by atoms with Gasteiger partial charge < -0.3 is 23.9 Å². The fourth-order valence-corrected chi connectivity index (χ4v) is 2.94. The number of urea groups is 1. The van der Waals surface area contributed by atoms with Crippen LogP contribution in [0.15, 0.2) is 34.4 Å². The summed E-state index contributed by atoms with van der Waals surface area (Å²) in [5.74, 6) is -2.69. The van der Waals surface area contributed by atoms with Crippen molar-refractivity contribution >= 4 is 35.6 Å². The minimum Gasteiger partial charge on any atom is -0.493 e. The van der Waals surface area contributed by atoms with E-state index in [4.69, 9.17) is 13.9 Å². The molecule has 0 spiro atoms. The lowest BCUT2D eigenvalue weighted by atomic mass is 10.1. The summed E-state index contributed by atoms with van der Waals surface area (Å²) in [6, 6.07) is 4.35. The van der Waals surface area contributed by atoms with Crippen molar-refractivity contribution in [1.82, 2.24) is 10.2 Å². The minimum atomic E-state index is -0.787. The van der Waals surface area contributed by atoms with Crippen LogP contribution in [0.5, 0.6) is 11.5 Å². The molecule has 0 bridgehead atoms. The van der Waals surface area contributed by atoms with E-state index in [-0.39, 0.29) is 40.8 Å². The maximum absolute atomic E-state index is 12.7. The normalized spacial score (nSPS) is 14.3. The molecule has 3 amide bonds. The summed E-state index contributed by atoms with van der Waals surface area (Å²) in [6.07, 6.45) is 1.20. The Labute approximate surface area is 185 Å². The molecule has 1 aliphatic heterocycles. The highest BCUT2D eigenvalue weighted by Gasteiger charge is 2.35. The van der Waals surface area contributed by atoms with Crippen molar-refractivity contribution in [1.29, 1.82) is 0 Å². The van der Waals surface area contributed by atoms with Crippen LogP contribution in [-0.2, 0) is 20.9 Å². The fourth-order valence-electron chi connectivity index (χ4n) is 2.94. The first kappa shape index (κ1) is 23.0. The number of nitrogens with zero attached hydrogens (tertiary/aromatic N) is 2. The van der Waals surface area contributed by atoms with Gasteiger partial charge in [0.05, 0.1) is 25.7 Å². The summed E-state index contributed by atoms with van der Waals surface area (Å²) < 4.78 is 19.8. The van der Waals surface area contributed by atoms with Crippen LogP contribution in [-0.4, -0.2) is 47.9 Å². The molecule has 1 aromatic carbocycles. The molecule has 1 saturated heterocycles. The molecule has 1 aliphatic rings. The number of nitro groups is 1. The average molecular weight is 459 g/mol. The molecule has 2 aromatic rings. The van der Waals surface area contributed by atoms with Gasteiger partial charge in [0, 0.05) is 13.0 Å². The summed E-state index contributed by atoms with van der Waals surface area (Å²) >= 11 is 0. The molecule has 1 fully saturated rings. The molecular weight excluding hydrogens is 442 g/mol. The quantitative estimate of drug-likeness (QED) is 0.161. The second-order valence-electron chi connectivity index (χ2n) is 6.56. The Morgan fingerprint density at radius 1 is 1.24 bits per heavy atom. The molecule has 1 N–H and O–H groups in total. The first-order valence-corrected chi connectivity index (χ1v) is 9.21. The number of amides is 3. The van der Waals surface area contributed by atoms with Gasteiger partial charge in [-0.1, -0.05) is 0 Å². The van der Waals surface area contributed by atoms with E-state index in [1.165, 1.54) is 38.5 Å². The lowest BCUT2D eigenvalue weighted by molar-refractivity contribution is -0.385. The van der Waals surface area contributed by atoms with Gasteiger partial charge in [-0.15, -0.1) is 0 Å². The van der Waals surface area contributed by atoms with Crippen molar-refractivity contribution in [2.75, 3.05) is 14.2 Å². The number of rotatable bonds is 7. The number of benzene rings is 1. The van der Waals surface area contributed by atoms with Gasteiger partial charge in [-0.05, 0) is 29.8 Å². The molecular formula is C20H17N3O10. The first-order chi connectivity index (χ1) is 15.6. The number of esters is 2. The molecule has 0 aliphatic carbocycles. The molecule has 172 valence electrons. The van der Waals surface area contributed by atoms with Crippen molar-refractivity contribution in [2.24, 2.45) is 0 Å². The Balaban J connectivity index is 1.90. The number of ether oxygens (including phenoxy) is 3. The molecule has 2 heterocycles. The van der Waals surface area contributed by atoms with Gasteiger partial charge >= 0.3 is 23.7 Å². The van der Waals surface area contributed by atoms with E-state index < -0.39 is 34.5 Å². The van der Waals surface area contributed by atoms with E-state index in [0.717, 1.165) is 17.9 Å². The molecule has 33 heavy (non-hydrogen) atoms. The van der Waals surface area contributed by atoms with E-state index in [2.05, 4.69) is 10.1 Å². The number of methoxy groups -OCH3 is 2. The van der Waals surface area contributed by atoms with Gasteiger partial charge in [-0.2, -0.15) is 0 Å². The smallest absolute Gasteiger partial charge is 0.373 e. The number of hydrogen-bond acceptors (Lipinski definition) is 10. The molecule has 13 nitrogen and oxygen atoms in total. The number of hydrogen-bond donors (Lipinski definition) is 1. The third-order valence-corrected chi connectivity index (χ3v) is 4.36. The van der Waals surface area contributed by atoms with Crippen LogP contribution in [0.4, 0.5) is 10.5 Å². The van der Waals surface area contributed by atoms with Crippen LogP contribution >= 0.6 is 0 Å². The number of furan rings is 1. The van der Waals surface area contributed by atoms with Crippen molar-refractivity contribution in [3.63, 3.8) is 0 Å². The average Bonchev–Trinajstić information content (AvgIpc) is 3.34. The van der Waals surface area contributed by atoms with Crippen molar-refractivity contribution in [2.45, 2.75) is 13.5 Å². The van der Waals surface area contributed by atoms with Gasteiger partial charge in [0.1, 0.15) is 11.5 Å². The number of carbonyl (C=O) groups excluding carboxylic acids is 4. The molecule has 0 unspecified atom stereocenters. The SMILES string of the molecule is COC(=O)c1ccc(CN2C(=O)NC(=Cc3cc(OC)c(OC(C)=O)c([N+](=O)[O-])c3)C2=O)o1.